The smallest absolute Gasteiger partial charge is 0.230 e. The molecule has 0 saturated heterocycles. The second-order valence-electron chi connectivity index (χ2n) is 8.01. The molecule has 1 amide bonds. The van der Waals surface area contributed by atoms with Crippen molar-refractivity contribution < 1.29 is 9.21 Å². The van der Waals surface area contributed by atoms with Crippen molar-refractivity contribution in [2.45, 2.75) is 51.9 Å². The lowest BCUT2D eigenvalue weighted by atomic mass is 10.00. The molecule has 0 aliphatic rings. The molecule has 164 valence electrons. The maximum Gasteiger partial charge on any atom is 0.230 e. The number of furan rings is 1. The van der Waals surface area contributed by atoms with Crippen molar-refractivity contribution in [2.75, 3.05) is 5.75 Å². The van der Waals surface area contributed by atoms with Gasteiger partial charge in [-0.1, -0.05) is 56.0 Å². The number of aryl methyl sites for hydroxylation is 1. The Morgan fingerprint density at radius 1 is 1.23 bits per heavy atom. The summed E-state index contributed by atoms with van der Waals surface area (Å²) >= 11 is 1.36. The van der Waals surface area contributed by atoms with Crippen molar-refractivity contribution in [2.24, 2.45) is 5.92 Å². The number of hydrogen-bond acceptors (Lipinski definition) is 5. The molecule has 0 fully saturated rings. The number of aromatic nitrogens is 3. The molecule has 7 heteroatoms. The molecule has 0 radical (unpaired) electrons. The highest BCUT2D eigenvalue weighted by molar-refractivity contribution is 7.99. The van der Waals surface area contributed by atoms with E-state index in [-0.39, 0.29) is 17.7 Å². The normalized spacial score (nSPS) is 12.2. The van der Waals surface area contributed by atoms with Crippen molar-refractivity contribution in [1.82, 2.24) is 20.1 Å². The summed E-state index contributed by atoms with van der Waals surface area (Å²) in [5.41, 5.74) is 3.30. The lowest BCUT2D eigenvalue weighted by Gasteiger charge is -2.15. The zero-order valence-corrected chi connectivity index (χ0v) is 19.4. The van der Waals surface area contributed by atoms with E-state index < -0.39 is 0 Å². The van der Waals surface area contributed by atoms with E-state index in [0.717, 1.165) is 23.3 Å². The second kappa shape index (κ2) is 10.5. The van der Waals surface area contributed by atoms with Crippen molar-refractivity contribution in [3.05, 3.63) is 66.1 Å². The Morgan fingerprint density at radius 2 is 1.97 bits per heavy atom. The lowest BCUT2D eigenvalue weighted by Crippen LogP contribution is -2.28. The van der Waals surface area contributed by atoms with Crippen molar-refractivity contribution in [3.63, 3.8) is 0 Å². The Kier molecular flexibility index (Phi) is 7.74. The van der Waals surface area contributed by atoms with Gasteiger partial charge in [0.2, 0.25) is 5.91 Å². The molecule has 2 heterocycles. The number of carbonyl (C=O) groups excluding carboxylic acids is 1. The lowest BCUT2D eigenvalue weighted by molar-refractivity contribution is -0.119. The Bertz CT molecular complexity index is 1020. The maximum atomic E-state index is 12.5. The van der Waals surface area contributed by atoms with Gasteiger partial charge < -0.3 is 9.73 Å². The molecule has 0 bridgehead atoms. The summed E-state index contributed by atoms with van der Waals surface area (Å²) in [6, 6.07) is 10.3. The topological polar surface area (TPSA) is 73.0 Å². The number of amides is 1. The number of nitrogens with zero attached hydrogens (tertiary/aromatic N) is 3. The molecule has 0 aliphatic heterocycles. The predicted octanol–water partition coefficient (Wildman–Crippen LogP) is 5.20. The van der Waals surface area contributed by atoms with Crippen LogP contribution in [0.15, 0.2) is 58.8 Å². The van der Waals surface area contributed by atoms with Gasteiger partial charge in [-0.05, 0) is 43.4 Å². The fourth-order valence-corrected chi connectivity index (χ4v) is 4.17. The van der Waals surface area contributed by atoms with Gasteiger partial charge in [0.25, 0.3) is 0 Å². The van der Waals surface area contributed by atoms with Crippen LogP contribution in [0.3, 0.4) is 0 Å². The van der Waals surface area contributed by atoms with Crippen LogP contribution < -0.4 is 5.32 Å². The van der Waals surface area contributed by atoms with Crippen LogP contribution in [0.2, 0.25) is 0 Å². The largest absolute Gasteiger partial charge is 0.469 e. The standard InChI is InChI=1S/C24H30N4O2S/c1-6-12-28-23(21-11-13-30-18(21)5)26-27-24(28)31-15-22(29)25-17(4)20-9-7-19(8-10-20)14-16(2)3/h6-11,13,16-17H,1,12,14-15H2,2-5H3,(H,25,29). The van der Waals surface area contributed by atoms with Gasteiger partial charge in [0.15, 0.2) is 11.0 Å². The van der Waals surface area contributed by atoms with Gasteiger partial charge in [0.05, 0.1) is 23.6 Å². The molecule has 6 nitrogen and oxygen atoms in total. The van der Waals surface area contributed by atoms with Gasteiger partial charge in [-0.25, -0.2) is 0 Å². The van der Waals surface area contributed by atoms with E-state index in [4.69, 9.17) is 4.42 Å². The van der Waals surface area contributed by atoms with Gasteiger partial charge in [-0.2, -0.15) is 0 Å². The third kappa shape index (κ3) is 5.88. The highest BCUT2D eigenvalue weighted by Gasteiger charge is 2.18. The number of benzene rings is 1. The summed E-state index contributed by atoms with van der Waals surface area (Å²) in [5, 5.41) is 12.3. The highest BCUT2D eigenvalue weighted by atomic mass is 32.2. The van der Waals surface area contributed by atoms with E-state index in [9.17, 15) is 4.79 Å². The third-order valence-corrected chi connectivity index (χ3v) is 5.93. The summed E-state index contributed by atoms with van der Waals surface area (Å²) in [4.78, 5) is 12.5. The average molecular weight is 439 g/mol. The number of hydrogen-bond donors (Lipinski definition) is 1. The first-order chi connectivity index (χ1) is 14.9. The maximum absolute atomic E-state index is 12.5. The van der Waals surface area contributed by atoms with E-state index in [2.05, 4.69) is 60.2 Å². The van der Waals surface area contributed by atoms with Crippen LogP contribution >= 0.6 is 11.8 Å². The Labute approximate surface area is 188 Å². The predicted molar refractivity (Wildman–Crippen MR) is 125 cm³/mol. The fraction of sp³-hybridized carbons (Fsp3) is 0.375. The van der Waals surface area contributed by atoms with Crippen LogP contribution in [0.1, 0.15) is 43.7 Å². The molecule has 0 aliphatic carbocycles. The van der Waals surface area contributed by atoms with Gasteiger partial charge in [-0.3, -0.25) is 9.36 Å². The number of nitrogens with one attached hydrogen (secondary N) is 1. The number of rotatable bonds is 10. The van der Waals surface area contributed by atoms with Crippen LogP contribution in [-0.2, 0) is 17.8 Å². The molecule has 1 atom stereocenters. The quantitative estimate of drug-likeness (QED) is 0.348. The van der Waals surface area contributed by atoms with Gasteiger partial charge >= 0.3 is 0 Å². The van der Waals surface area contributed by atoms with E-state index in [1.807, 2.05) is 24.5 Å². The fourth-order valence-electron chi connectivity index (χ4n) is 3.42. The highest BCUT2D eigenvalue weighted by Crippen LogP contribution is 2.27. The van der Waals surface area contributed by atoms with E-state index in [1.165, 1.54) is 17.3 Å². The first-order valence-electron chi connectivity index (χ1n) is 10.5. The van der Waals surface area contributed by atoms with E-state index in [0.29, 0.717) is 23.4 Å². The van der Waals surface area contributed by atoms with Crippen LogP contribution in [0.4, 0.5) is 0 Å². The van der Waals surface area contributed by atoms with Gasteiger partial charge in [-0.15, -0.1) is 16.8 Å². The van der Waals surface area contributed by atoms with Crippen molar-refractivity contribution in [3.8, 4) is 11.4 Å². The third-order valence-electron chi connectivity index (χ3n) is 4.96. The molecule has 1 unspecified atom stereocenters. The molecule has 1 aromatic carbocycles. The Morgan fingerprint density at radius 3 is 2.58 bits per heavy atom. The Balaban J connectivity index is 1.61. The van der Waals surface area contributed by atoms with Crippen LogP contribution in [0, 0.1) is 12.8 Å². The summed E-state index contributed by atoms with van der Waals surface area (Å²) in [6.07, 6.45) is 4.48. The molecule has 0 spiro atoms. The molecule has 0 saturated carbocycles. The molecular weight excluding hydrogens is 408 g/mol. The molecule has 3 rings (SSSR count). The minimum Gasteiger partial charge on any atom is -0.469 e. The zero-order chi connectivity index (χ0) is 22.4. The van der Waals surface area contributed by atoms with Gasteiger partial charge in [0.1, 0.15) is 5.76 Å². The first kappa shape index (κ1) is 22.9. The first-order valence-corrected chi connectivity index (χ1v) is 11.5. The van der Waals surface area contributed by atoms with Crippen LogP contribution in [0.25, 0.3) is 11.4 Å². The summed E-state index contributed by atoms with van der Waals surface area (Å²) in [6.45, 7) is 12.7. The van der Waals surface area contributed by atoms with E-state index >= 15 is 0 Å². The molecule has 1 N–H and O–H groups in total. The summed E-state index contributed by atoms with van der Waals surface area (Å²) < 4.78 is 7.34. The SMILES string of the molecule is C=CCn1c(SCC(=O)NC(C)c2ccc(CC(C)C)cc2)nnc1-c1ccoc1C. The molecular formula is C24H30N4O2S. The summed E-state index contributed by atoms with van der Waals surface area (Å²) in [7, 11) is 0. The molecule has 3 aromatic rings. The zero-order valence-electron chi connectivity index (χ0n) is 18.6. The van der Waals surface area contributed by atoms with Gasteiger partial charge in [0, 0.05) is 6.54 Å². The van der Waals surface area contributed by atoms with Crippen LogP contribution in [0.5, 0.6) is 0 Å². The molecule has 31 heavy (non-hydrogen) atoms. The minimum absolute atomic E-state index is 0.0436. The Hall–Kier alpha value is -2.80. The molecule has 2 aromatic heterocycles. The minimum atomic E-state index is -0.0589. The summed E-state index contributed by atoms with van der Waals surface area (Å²) in [5.74, 6) is 2.33. The second-order valence-corrected chi connectivity index (χ2v) is 8.96. The number of allylic oxidation sites excluding steroid dienone is 1. The average Bonchev–Trinajstić information content (AvgIpc) is 3.32. The van der Waals surface area contributed by atoms with Crippen molar-refractivity contribution >= 4 is 17.7 Å². The number of thioether (sulfide) groups is 1. The van der Waals surface area contributed by atoms with Crippen LogP contribution in [-0.4, -0.2) is 26.4 Å². The van der Waals surface area contributed by atoms with E-state index in [1.54, 1.807) is 12.3 Å². The monoisotopic (exact) mass is 438 g/mol. The van der Waals surface area contributed by atoms with Crippen molar-refractivity contribution in [1.29, 1.82) is 0 Å². The number of carbonyl (C=O) groups is 1.